The van der Waals surface area contributed by atoms with Gasteiger partial charge in [0.1, 0.15) is 0 Å². The van der Waals surface area contributed by atoms with E-state index in [4.69, 9.17) is 0 Å². The summed E-state index contributed by atoms with van der Waals surface area (Å²) >= 11 is 0. The lowest BCUT2D eigenvalue weighted by Crippen LogP contribution is -2.05. The lowest BCUT2D eigenvalue weighted by molar-refractivity contribution is 0.0981. The second-order valence-electron chi connectivity index (χ2n) is 4.60. The van der Waals surface area contributed by atoms with Crippen molar-refractivity contribution in [1.29, 1.82) is 0 Å². The number of benzene rings is 2. The Morgan fingerprint density at radius 2 is 1.65 bits per heavy atom. The summed E-state index contributed by atoms with van der Waals surface area (Å²) < 4.78 is 38.9. The molecule has 0 aliphatic heterocycles. The molecule has 1 nitrogen and oxygen atoms in total. The van der Waals surface area contributed by atoms with Crippen molar-refractivity contribution in [3.8, 4) is 0 Å². The van der Waals surface area contributed by atoms with Gasteiger partial charge in [-0.3, -0.25) is 4.79 Å². The van der Waals surface area contributed by atoms with Crippen molar-refractivity contribution in [3.05, 3.63) is 70.5 Å². The number of rotatable bonds is 4. The van der Waals surface area contributed by atoms with Crippen LogP contribution in [0.1, 0.15) is 27.9 Å². The van der Waals surface area contributed by atoms with Crippen molar-refractivity contribution >= 4 is 5.78 Å². The summed E-state index contributed by atoms with van der Waals surface area (Å²) in [5.41, 5.74) is 1.91. The van der Waals surface area contributed by atoms with Crippen LogP contribution in [-0.4, -0.2) is 5.78 Å². The first-order chi connectivity index (χ1) is 9.49. The molecule has 0 radical (unpaired) electrons. The van der Waals surface area contributed by atoms with E-state index in [0.29, 0.717) is 6.42 Å². The molecule has 0 bridgehead atoms. The van der Waals surface area contributed by atoms with E-state index in [1.807, 2.05) is 31.2 Å². The summed E-state index contributed by atoms with van der Waals surface area (Å²) in [7, 11) is 0. The van der Waals surface area contributed by atoms with Gasteiger partial charge in [0.15, 0.2) is 23.2 Å². The zero-order valence-electron chi connectivity index (χ0n) is 10.9. The van der Waals surface area contributed by atoms with Gasteiger partial charge in [0.25, 0.3) is 0 Å². The molecule has 2 aromatic carbocycles. The number of hydrogen-bond acceptors (Lipinski definition) is 1. The molecule has 0 aliphatic carbocycles. The van der Waals surface area contributed by atoms with Crippen molar-refractivity contribution in [2.24, 2.45) is 0 Å². The molecule has 0 unspecified atom stereocenters. The summed E-state index contributed by atoms with van der Waals surface area (Å²) in [6.45, 7) is 1.93. The number of carbonyl (C=O) groups excluding carboxylic acids is 1. The summed E-state index contributed by atoms with van der Waals surface area (Å²) in [6, 6.07) is 9.05. The monoisotopic (exact) mass is 278 g/mol. The highest BCUT2D eigenvalue weighted by atomic mass is 19.2. The smallest absolute Gasteiger partial charge is 0.194 e. The van der Waals surface area contributed by atoms with Crippen LogP contribution in [0.3, 0.4) is 0 Å². The standard InChI is InChI=1S/C16H13F3O/c1-10-4-2-3-5-11(10)6-7-15(20)12-8-13(17)16(19)14(18)9-12/h2-5,8-9H,6-7H2,1H3. The molecule has 0 aromatic heterocycles. The zero-order valence-corrected chi connectivity index (χ0v) is 10.9. The summed E-state index contributed by atoms with van der Waals surface area (Å²) in [4.78, 5) is 11.9. The van der Waals surface area contributed by atoms with E-state index < -0.39 is 23.2 Å². The maximum Gasteiger partial charge on any atom is 0.194 e. The van der Waals surface area contributed by atoms with E-state index in [0.717, 1.165) is 23.3 Å². The minimum Gasteiger partial charge on any atom is -0.294 e. The van der Waals surface area contributed by atoms with Gasteiger partial charge >= 0.3 is 0 Å². The van der Waals surface area contributed by atoms with Crippen LogP contribution in [0.5, 0.6) is 0 Å². The molecule has 4 heteroatoms. The first kappa shape index (κ1) is 14.3. The largest absolute Gasteiger partial charge is 0.294 e. The zero-order chi connectivity index (χ0) is 14.7. The predicted octanol–water partition coefficient (Wildman–Crippen LogP) is 4.23. The van der Waals surface area contributed by atoms with E-state index in [1.54, 1.807) is 0 Å². The topological polar surface area (TPSA) is 17.1 Å². The summed E-state index contributed by atoms with van der Waals surface area (Å²) in [6.07, 6.45) is 0.599. The minimum absolute atomic E-state index is 0.120. The minimum atomic E-state index is -1.56. The number of hydrogen-bond donors (Lipinski definition) is 0. The molecule has 104 valence electrons. The first-order valence-electron chi connectivity index (χ1n) is 6.21. The third-order valence-corrected chi connectivity index (χ3v) is 3.19. The van der Waals surface area contributed by atoms with Gasteiger partial charge in [0, 0.05) is 12.0 Å². The highest BCUT2D eigenvalue weighted by molar-refractivity contribution is 5.96. The van der Waals surface area contributed by atoms with Crippen molar-refractivity contribution in [1.82, 2.24) is 0 Å². The summed E-state index contributed by atoms with van der Waals surface area (Å²) in [5.74, 6) is -4.65. The van der Waals surface area contributed by atoms with Gasteiger partial charge in [-0.05, 0) is 36.6 Å². The Morgan fingerprint density at radius 3 is 2.25 bits per heavy atom. The lowest BCUT2D eigenvalue weighted by atomic mass is 9.99. The molecule has 0 amide bonds. The number of halogens is 3. The normalized spacial score (nSPS) is 10.6. The van der Waals surface area contributed by atoms with Crippen molar-refractivity contribution in [2.75, 3.05) is 0 Å². The highest BCUT2D eigenvalue weighted by Gasteiger charge is 2.15. The fourth-order valence-corrected chi connectivity index (χ4v) is 2.00. The van der Waals surface area contributed by atoms with Gasteiger partial charge in [-0.1, -0.05) is 24.3 Å². The van der Waals surface area contributed by atoms with E-state index in [2.05, 4.69) is 0 Å². The van der Waals surface area contributed by atoms with Crippen molar-refractivity contribution in [2.45, 2.75) is 19.8 Å². The molecular formula is C16H13F3O. The van der Waals surface area contributed by atoms with Crippen molar-refractivity contribution < 1.29 is 18.0 Å². The molecule has 0 N–H and O–H groups in total. The Kier molecular flexibility index (Phi) is 4.23. The third-order valence-electron chi connectivity index (χ3n) is 3.19. The Hall–Kier alpha value is -2.10. The van der Waals surface area contributed by atoms with Gasteiger partial charge in [-0.15, -0.1) is 0 Å². The molecule has 0 heterocycles. The fraction of sp³-hybridized carbons (Fsp3) is 0.188. The van der Waals surface area contributed by atoms with Gasteiger partial charge in [0.05, 0.1) is 0 Å². The van der Waals surface area contributed by atoms with Crippen molar-refractivity contribution in [3.63, 3.8) is 0 Å². The van der Waals surface area contributed by atoms with Crippen LogP contribution in [0, 0.1) is 24.4 Å². The molecule has 0 aliphatic rings. The highest BCUT2D eigenvalue weighted by Crippen LogP contribution is 2.17. The summed E-state index contributed by atoms with van der Waals surface area (Å²) in [5, 5.41) is 0. The molecule has 0 spiro atoms. The first-order valence-corrected chi connectivity index (χ1v) is 6.21. The van der Waals surface area contributed by atoms with Gasteiger partial charge in [-0.25, -0.2) is 13.2 Å². The van der Waals surface area contributed by atoms with Crippen LogP contribution in [0.2, 0.25) is 0 Å². The Labute approximate surface area is 115 Å². The van der Waals surface area contributed by atoms with E-state index in [9.17, 15) is 18.0 Å². The van der Waals surface area contributed by atoms with Crippen LogP contribution < -0.4 is 0 Å². The molecule has 20 heavy (non-hydrogen) atoms. The molecule has 0 atom stereocenters. The number of aryl methyl sites for hydroxylation is 2. The molecule has 0 saturated heterocycles. The lowest BCUT2D eigenvalue weighted by Gasteiger charge is -2.06. The quantitative estimate of drug-likeness (QED) is 0.604. The number of Topliss-reactive ketones (excluding diaryl/α,β-unsaturated/α-hetero) is 1. The average molecular weight is 278 g/mol. The molecule has 0 saturated carbocycles. The molecule has 2 aromatic rings. The Morgan fingerprint density at radius 1 is 1.05 bits per heavy atom. The number of ketones is 1. The SMILES string of the molecule is Cc1ccccc1CCC(=O)c1cc(F)c(F)c(F)c1. The predicted molar refractivity (Wildman–Crippen MR) is 70.1 cm³/mol. The second kappa shape index (κ2) is 5.90. The maximum absolute atomic E-state index is 13.1. The molecular weight excluding hydrogens is 265 g/mol. The fourth-order valence-electron chi connectivity index (χ4n) is 2.00. The average Bonchev–Trinajstić information content (AvgIpc) is 2.43. The van der Waals surface area contributed by atoms with Crippen LogP contribution in [-0.2, 0) is 6.42 Å². The van der Waals surface area contributed by atoms with Crippen LogP contribution in [0.15, 0.2) is 36.4 Å². The Bertz CT molecular complexity index is 627. The maximum atomic E-state index is 13.1. The van der Waals surface area contributed by atoms with Gasteiger partial charge in [-0.2, -0.15) is 0 Å². The van der Waals surface area contributed by atoms with E-state index in [-0.39, 0.29) is 12.0 Å². The van der Waals surface area contributed by atoms with Crippen LogP contribution >= 0.6 is 0 Å². The Balaban J connectivity index is 2.11. The van der Waals surface area contributed by atoms with E-state index in [1.165, 1.54) is 0 Å². The second-order valence-corrected chi connectivity index (χ2v) is 4.60. The van der Waals surface area contributed by atoms with Gasteiger partial charge < -0.3 is 0 Å². The molecule has 2 rings (SSSR count). The van der Waals surface area contributed by atoms with Crippen LogP contribution in [0.4, 0.5) is 13.2 Å². The third kappa shape index (κ3) is 3.07. The number of carbonyl (C=O) groups is 1. The van der Waals surface area contributed by atoms with Gasteiger partial charge in [0.2, 0.25) is 0 Å². The van der Waals surface area contributed by atoms with E-state index >= 15 is 0 Å². The van der Waals surface area contributed by atoms with Crippen LogP contribution in [0.25, 0.3) is 0 Å². The molecule has 0 fully saturated rings.